The van der Waals surface area contributed by atoms with Crippen molar-refractivity contribution in [2.75, 3.05) is 5.32 Å². The Morgan fingerprint density at radius 3 is 2.40 bits per heavy atom. The Balaban J connectivity index is 1.70. The van der Waals surface area contributed by atoms with Crippen molar-refractivity contribution < 1.29 is 9.59 Å². The lowest BCUT2D eigenvalue weighted by molar-refractivity contribution is -0.115. The molecule has 0 aliphatic heterocycles. The van der Waals surface area contributed by atoms with E-state index in [1.807, 2.05) is 60.7 Å². The molecule has 0 bridgehead atoms. The summed E-state index contributed by atoms with van der Waals surface area (Å²) in [4.78, 5) is 32.1. The van der Waals surface area contributed by atoms with Crippen LogP contribution in [0.25, 0.3) is 22.7 Å². The van der Waals surface area contributed by atoms with Gasteiger partial charge in [-0.1, -0.05) is 60.7 Å². The molecule has 4 N–H and O–H groups in total. The fourth-order valence-corrected chi connectivity index (χ4v) is 3.35. The van der Waals surface area contributed by atoms with Gasteiger partial charge in [0.1, 0.15) is 5.65 Å². The Morgan fingerprint density at radius 2 is 1.70 bits per heavy atom. The van der Waals surface area contributed by atoms with Gasteiger partial charge in [0.2, 0.25) is 11.8 Å². The van der Waals surface area contributed by atoms with E-state index in [-0.39, 0.29) is 12.3 Å². The van der Waals surface area contributed by atoms with Gasteiger partial charge in [0, 0.05) is 28.9 Å². The SMILES string of the molecule is NC(=O)/C(=C\c1c[nH]c2nccc(NC(=O)Cc3ccccc3)c12)c1ccccc1. The van der Waals surface area contributed by atoms with Crippen LogP contribution in [0.5, 0.6) is 0 Å². The second kappa shape index (κ2) is 8.45. The number of rotatable bonds is 6. The van der Waals surface area contributed by atoms with Crippen LogP contribution in [0.1, 0.15) is 16.7 Å². The predicted octanol–water partition coefficient (Wildman–Crippen LogP) is 3.77. The number of H-pyrrole nitrogens is 1. The molecule has 148 valence electrons. The summed E-state index contributed by atoms with van der Waals surface area (Å²) in [6.07, 6.45) is 5.34. The maximum absolute atomic E-state index is 12.6. The number of pyridine rings is 1. The van der Waals surface area contributed by atoms with Crippen molar-refractivity contribution in [3.63, 3.8) is 0 Å². The molecule has 4 aromatic rings. The van der Waals surface area contributed by atoms with Crippen molar-refractivity contribution in [1.29, 1.82) is 0 Å². The van der Waals surface area contributed by atoms with E-state index in [0.29, 0.717) is 27.9 Å². The summed E-state index contributed by atoms with van der Waals surface area (Å²) in [7, 11) is 0. The van der Waals surface area contributed by atoms with Gasteiger partial charge in [0.25, 0.3) is 0 Å². The normalized spacial score (nSPS) is 11.4. The van der Waals surface area contributed by atoms with E-state index in [2.05, 4.69) is 15.3 Å². The fraction of sp³-hybridized carbons (Fsp3) is 0.0417. The van der Waals surface area contributed by atoms with E-state index in [4.69, 9.17) is 5.73 Å². The Hall–Kier alpha value is -4.19. The van der Waals surface area contributed by atoms with Crippen LogP contribution < -0.4 is 11.1 Å². The number of carbonyl (C=O) groups excluding carboxylic acids is 2. The number of benzene rings is 2. The number of hydrogen-bond acceptors (Lipinski definition) is 3. The molecule has 0 spiro atoms. The molecular weight excluding hydrogens is 376 g/mol. The average molecular weight is 396 g/mol. The molecule has 6 nitrogen and oxygen atoms in total. The summed E-state index contributed by atoms with van der Waals surface area (Å²) in [6, 6.07) is 20.5. The number of carbonyl (C=O) groups is 2. The molecule has 0 aliphatic rings. The van der Waals surface area contributed by atoms with E-state index in [1.165, 1.54) is 0 Å². The smallest absolute Gasteiger partial charge is 0.249 e. The monoisotopic (exact) mass is 396 g/mol. The lowest BCUT2D eigenvalue weighted by Gasteiger charge is -2.08. The molecule has 0 saturated heterocycles. The highest BCUT2D eigenvalue weighted by Gasteiger charge is 2.14. The van der Waals surface area contributed by atoms with Crippen LogP contribution in [0.3, 0.4) is 0 Å². The number of aromatic nitrogens is 2. The zero-order valence-corrected chi connectivity index (χ0v) is 16.1. The molecule has 2 aromatic heterocycles. The first-order chi connectivity index (χ1) is 14.6. The van der Waals surface area contributed by atoms with Crippen molar-refractivity contribution in [2.24, 2.45) is 5.73 Å². The lowest BCUT2D eigenvalue weighted by Crippen LogP contribution is -2.15. The van der Waals surface area contributed by atoms with Crippen molar-refractivity contribution in [2.45, 2.75) is 6.42 Å². The predicted molar refractivity (Wildman–Crippen MR) is 118 cm³/mol. The van der Waals surface area contributed by atoms with Crippen LogP contribution >= 0.6 is 0 Å². The molecule has 0 fully saturated rings. The van der Waals surface area contributed by atoms with Gasteiger partial charge in [-0.3, -0.25) is 9.59 Å². The average Bonchev–Trinajstić information content (AvgIpc) is 3.17. The van der Waals surface area contributed by atoms with Gasteiger partial charge in [-0.25, -0.2) is 4.98 Å². The van der Waals surface area contributed by atoms with E-state index < -0.39 is 5.91 Å². The summed E-state index contributed by atoms with van der Waals surface area (Å²) >= 11 is 0. The quantitative estimate of drug-likeness (QED) is 0.433. The van der Waals surface area contributed by atoms with Crippen LogP contribution in [0.2, 0.25) is 0 Å². The third-order valence-electron chi connectivity index (χ3n) is 4.74. The summed E-state index contributed by atoms with van der Waals surface area (Å²) < 4.78 is 0. The second-order valence-corrected chi connectivity index (χ2v) is 6.82. The third-order valence-corrected chi connectivity index (χ3v) is 4.74. The lowest BCUT2D eigenvalue weighted by atomic mass is 10.0. The first-order valence-electron chi connectivity index (χ1n) is 9.48. The van der Waals surface area contributed by atoms with Gasteiger partial charge >= 0.3 is 0 Å². The van der Waals surface area contributed by atoms with Crippen molar-refractivity contribution in [3.8, 4) is 0 Å². The molecule has 6 heteroatoms. The minimum Gasteiger partial charge on any atom is -0.366 e. The van der Waals surface area contributed by atoms with Crippen molar-refractivity contribution >= 4 is 40.2 Å². The molecule has 0 radical (unpaired) electrons. The number of anilines is 1. The van der Waals surface area contributed by atoms with Crippen LogP contribution in [-0.2, 0) is 16.0 Å². The number of fused-ring (bicyclic) bond motifs is 1. The molecule has 2 aromatic carbocycles. The molecule has 0 aliphatic carbocycles. The Bertz CT molecular complexity index is 1230. The summed E-state index contributed by atoms with van der Waals surface area (Å²) in [6.45, 7) is 0. The molecule has 4 rings (SSSR count). The molecule has 0 unspecified atom stereocenters. The van der Waals surface area contributed by atoms with Gasteiger partial charge in [-0.15, -0.1) is 0 Å². The van der Waals surface area contributed by atoms with Gasteiger partial charge in [-0.05, 0) is 23.3 Å². The maximum atomic E-state index is 12.6. The van der Waals surface area contributed by atoms with Crippen LogP contribution in [0, 0.1) is 0 Å². The molecule has 2 heterocycles. The minimum absolute atomic E-state index is 0.136. The third kappa shape index (κ3) is 4.12. The largest absolute Gasteiger partial charge is 0.366 e. The van der Waals surface area contributed by atoms with Crippen LogP contribution in [0.4, 0.5) is 5.69 Å². The summed E-state index contributed by atoms with van der Waals surface area (Å²) in [5.74, 6) is -0.669. The Kier molecular flexibility index (Phi) is 5.39. The number of primary amides is 1. The highest BCUT2D eigenvalue weighted by molar-refractivity contribution is 6.24. The summed E-state index contributed by atoms with van der Waals surface area (Å²) in [5.41, 5.74) is 9.59. The van der Waals surface area contributed by atoms with Crippen LogP contribution in [-0.4, -0.2) is 21.8 Å². The van der Waals surface area contributed by atoms with Gasteiger partial charge in [-0.2, -0.15) is 0 Å². The Morgan fingerprint density at radius 1 is 1.00 bits per heavy atom. The van der Waals surface area contributed by atoms with E-state index >= 15 is 0 Å². The molecule has 2 amide bonds. The number of nitrogens with one attached hydrogen (secondary N) is 2. The molecular formula is C24H20N4O2. The number of hydrogen-bond donors (Lipinski definition) is 3. The zero-order valence-electron chi connectivity index (χ0n) is 16.1. The number of amides is 2. The second-order valence-electron chi connectivity index (χ2n) is 6.82. The maximum Gasteiger partial charge on any atom is 0.249 e. The standard InChI is InChI=1S/C24H20N4O2/c25-23(30)19(17-9-5-2-6-10-17)14-18-15-27-24-22(18)20(11-12-26-24)28-21(29)13-16-7-3-1-4-8-16/h1-12,14-15H,13H2,(H2,25,30)(H2,26,27,28,29)/b19-14-. The molecule has 30 heavy (non-hydrogen) atoms. The fourth-order valence-electron chi connectivity index (χ4n) is 3.35. The number of nitrogens with two attached hydrogens (primary N) is 1. The minimum atomic E-state index is -0.533. The van der Waals surface area contributed by atoms with Crippen LogP contribution in [0.15, 0.2) is 79.1 Å². The van der Waals surface area contributed by atoms with Crippen molar-refractivity contribution in [3.05, 3.63) is 95.8 Å². The van der Waals surface area contributed by atoms with Gasteiger partial charge in [0.05, 0.1) is 12.1 Å². The highest BCUT2D eigenvalue weighted by Crippen LogP contribution is 2.29. The van der Waals surface area contributed by atoms with E-state index in [1.54, 1.807) is 24.5 Å². The first-order valence-corrected chi connectivity index (χ1v) is 9.48. The van der Waals surface area contributed by atoms with E-state index in [0.717, 1.165) is 11.1 Å². The zero-order chi connectivity index (χ0) is 20.9. The Labute approximate surface area is 173 Å². The van der Waals surface area contributed by atoms with E-state index in [9.17, 15) is 9.59 Å². The molecule has 0 atom stereocenters. The van der Waals surface area contributed by atoms with Crippen molar-refractivity contribution in [1.82, 2.24) is 9.97 Å². The molecule has 0 saturated carbocycles. The summed E-state index contributed by atoms with van der Waals surface area (Å²) in [5, 5.41) is 3.67. The highest BCUT2D eigenvalue weighted by atomic mass is 16.2. The number of aromatic amines is 1. The first kappa shape index (κ1) is 19.1. The topological polar surface area (TPSA) is 101 Å². The van der Waals surface area contributed by atoms with Gasteiger partial charge in [0.15, 0.2) is 0 Å². The van der Waals surface area contributed by atoms with Gasteiger partial charge < -0.3 is 16.0 Å². The number of nitrogens with zero attached hydrogens (tertiary/aromatic N) is 1.